The van der Waals surface area contributed by atoms with Gasteiger partial charge in [-0.25, -0.2) is 4.79 Å². The lowest BCUT2D eigenvalue weighted by Gasteiger charge is -2.32. The zero-order chi connectivity index (χ0) is 17.3. The van der Waals surface area contributed by atoms with E-state index in [0.29, 0.717) is 17.8 Å². The summed E-state index contributed by atoms with van der Waals surface area (Å²) in [4.78, 5) is 11.8. The fourth-order valence-electron chi connectivity index (χ4n) is 2.27. The van der Waals surface area contributed by atoms with Gasteiger partial charge in [0.25, 0.3) is 0 Å². The molecule has 126 valence electrons. The number of likely N-dealkylation sites (N-methyl/N-ethyl adjacent to an activating group) is 1. The molecule has 1 aliphatic rings. The Hall–Kier alpha value is -1.64. The number of H-pyrrole nitrogens is 1. The molecule has 8 heteroatoms. The second-order valence-electron chi connectivity index (χ2n) is 6.53. The van der Waals surface area contributed by atoms with Gasteiger partial charge in [-0.15, -0.1) is 0 Å². The molecule has 1 aromatic rings. The Morgan fingerprint density at radius 3 is 2.52 bits per heavy atom. The molecule has 0 radical (unpaired) electrons. The molecule has 7 nitrogen and oxygen atoms in total. The first kappa shape index (κ1) is 17.7. The van der Waals surface area contributed by atoms with Crippen molar-refractivity contribution in [2.45, 2.75) is 38.9 Å². The molecule has 0 bridgehead atoms. The molecule has 0 amide bonds. The molecule has 1 saturated heterocycles. The summed E-state index contributed by atoms with van der Waals surface area (Å²) in [5.41, 5.74) is 0.963. The van der Waals surface area contributed by atoms with E-state index in [1.54, 1.807) is 6.20 Å². The van der Waals surface area contributed by atoms with E-state index in [1.165, 1.54) is 7.11 Å². The van der Waals surface area contributed by atoms with Crippen LogP contribution in [0.15, 0.2) is 11.7 Å². The normalized spacial score (nSPS) is 19.9. The molecule has 0 atom stereocenters. The molecule has 0 unspecified atom stereocenters. The van der Waals surface area contributed by atoms with Crippen molar-refractivity contribution in [2.75, 3.05) is 20.7 Å². The molecule has 2 N–H and O–H groups in total. The van der Waals surface area contributed by atoms with E-state index in [9.17, 15) is 4.79 Å². The van der Waals surface area contributed by atoms with Crippen molar-refractivity contribution in [2.24, 2.45) is 0 Å². The highest BCUT2D eigenvalue weighted by molar-refractivity contribution is 6.56. The minimum atomic E-state index is -0.493. The van der Waals surface area contributed by atoms with Crippen LogP contribution in [0.5, 0.6) is 0 Å². The van der Waals surface area contributed by atoms with E-state index in [0.717, 1.165) is 5.47 Å². The van der Waals surface area contributed by atoms with Crippen molar-refractivity contribution in [3.63, 3.8) is 0 Å². The topological polar surface area (TPSA) is 85.5 Å². The lowest BCUT2D eigenvalue weighted by Crippen LogP contribution is -2.41. The lowest BCUT2D eigenvalue weighted by molar-refractivity contribution is 0.00578. The van der Waals surface area contributed by atoms with Crippen LogP contribution >= 0.6 is 0 Å². The molecule has 0 spiro atoms. The smallest absolute Gasteiger partial charge is 0.464 e. The second-order valence-corrected chi connectivity index (χ2v) is 6.53. The van der Waals surface area contributed by atoms with Crippen LogP contribution in [0.25, 0.3) is 6.08 Å². The minimum Gasteiger partial charge on any atom is -0.464 e. The number of esters is 1. The van der Waals surface area contributed by atoms with Crippen LogP contribution in [0.2, 0.25) is 0 Å². The number of nitrogens with zero attached hydrogens (tertiary/aromatic N) is 1. The Morgan fingerprint density at radius 1 is 1.39 bits per heavy atom. The monoisotopic (exact) mass is 321 g/mol. The largest absolute Gasteiger partial charge is 0.491 e. The summed E-state index contributed by atoms with van der Waals surface area (Å²) in [6.07, 6.45) is 3.42. The zero-order valence-corrected chi connectivity index (χ0v) is 14.5. The predicted molar refractivity (Wildman–Crippen MR) is 87.9 cm³/mol. The number of methoxy groups -OCH3 is 1. The highest BCUT2D eigenvalue weighted by Gasteiger charge is 2.52. The first-order valence-electron chi connectivity index (χ1n) is 7.54. The van der Waals surface area contributed by atoms with Gasteiger partial charge in [-0.1, -0.05) is 6.08 Å². The number of nitrogens with one attached hydrogen (secondary N) is 2. The van der Waals surface area contributed by atoms with Gasteiger partial charge in [0.15, 0.2) is 5.69 Å². The molecule has 0 saturated carbocycles. The molecule has 0 aromatic carbocycles. The maximum atomic E-state index is 11.8. The van der Waals surface area contributed by atoms with Gasteiger partial charge in [-0.2, -0.15) is 5.10 Å². The Balaban J connectivity index is 2.33. The van der Waals surface area contributed by atoms with Crippen LogP contribution < -0.4 is 5.32 Å². The molecular formula is C15H24BN3O4. The average Bonchev–Trinajstić information content (AvgIpc) is 3.00. The zero-order valence-electron chi connectivity index (χ0n) is 14.5. The standard InChI is InChI=1S/C15H24BN3O4/c1-14(2)15(3,4)23-16(22-14)11(9-17-5)7-10-8-18-19-12(10)13(20)21-6/h7-8,17H,9H2,1-6H3,(H,18,19). The maximum Gasteiger partial charge on any atom is 0.491 e. The highest BCUT2D eigenvalue weighted by Crippen LogP contribution is 2.38. The summed E-state index contributed by atoms with van der Waals surface area (Å²) >= 11 is 0. The van der Waals surface area contributed by atoms with Crippen molar-refractivity contribution < 1.29 is 18.8 Å². The van der Waals surface area contributed by atoms with Crippen LogP contribution in [-0.4, -0.2) is 55.2 Å². The fraction of sp³-hybridized carbons (Fsp3) is 0.600. The van der Waals surface area contributed by atoms with Gasteiger partial charge >= 0.3 is 13.1 Å². The van der Waals surface area contributed by atoms with Gasteiger partial charge < -0.3 is 19.4 Å². The summed E-state index contributed by atoms with van der Waals surface area (Å²) in [5, 5.41) is 9.67. The van der Waals surface area contributed by atoms with Crippen molar-refractivity contribution >= 4 is 19.2 Å². The van der Waals surface area contributed by atoms with E-state index in [2.05, 4.69) is 15.5 Å². The second kappa shape index (κ2) is 6.47. The number of hydrogen-bond donors (Lipinski definition) is 2. The van der Waals surface area contributed by atoms with Crippen LogP contribution in [0.1, 0.15) is 43.7 Å². The molecule has 2 rings (SSSR count). The molecule has 1 aromatic heterocycles. The number of hydrogen-bond acceptors (Lipinski definition) is 6. The molecular weight excluding hydrogens is 297 g/mol. The van der Waals surface area contributed by atoms with Gasteiger partial charge in [0.05, 0.1) is 24.5 Å². The fourth-order valence-corrected chi connectivity index (χ4v) is 2.27. The third-order valence-corrected chi connectivity index (χ3v) is 4.34. The van der Waals surface area contributed by atoms with E-state index < -0.39 is 24.3 Å². The SMILES string of the molecule is CNCC(=Cc1cn[nH]c1C(=O)OC)B1OC(C)(C)C(C)(C)O1. The number of aromatic nitrogens is 2. The third kappa shape index (κ3) is 3.49. The summed E-state index contributed by atoms with van der Waals surface area (Å²) in [6, 6.07) is 0. The maximum absolute atomic E-state index is 11.8. The summed E-state index contributed by atoms with van der Waals surface area (Å²) < 4.78 is 16.9. The van der Waals surface area contributed by atoms with Crippen molar-refractivity contribution in [3.8, 4) is 0 Å². The lowest BCUT2D eigenvalue weighted by atomic mass is 9.77. The van der Waals surface area contributed by atoms with E-state index in [1.807, 2.05) is 40.8 Å². The summed E-state index contributed by atoms with van der Waals surface area (Å²) in [5.74, 6) is -0.466. The van der Waals surface area contributed by atoms with Crippen molar-refractivity contribution in [1.29, 1.82) is 0 Å². The molecule has 23 heavy (non-hydrogen) atoms. The molecule has 2 heterocycles. The summed E-state index contributed by atoms with van der Waals surface area (Å²) in [6.45, 7) is 8.56. The minimum absolute atomic E-state index is 0.303. The van der Waals surface area contributed by atoms with Crippen LogP contribution in [0.3, 0.4) is 0 Å². The number of ether oxygens (including phenoxy) is 1. The molecule has 1 fully saturated rings. The van der Waals surface area contributed by atoms with E-state index >= 15 is 0 Å². The van der Waals surface area contributed by atoms with E-state index in [4.69, 9.17) is 14.0 Å². The van der Waals surface area contributed by atoms with Gasteiger partial charge in [0.2, 0.25) is 0 Å². The first-order chi connectivity index (χ1) is 10.7. The number of carbonyl (C=O) groups excluding carboxylic acids is 1. The third-order valence-electron chi connectivity index (χ3n) is 4.34. The summed E-state index contributed by atoms with van der Waals surface area (Å²) in [7, 11) is 2.68. The quantitative estimate of drug-likeness (QED) is 0.630. The van der Waals surface area contributed by atoms with Gasteiger partial charge in [0, 0.05) is 12.1 Å². The highest BCUT2D eigenvalue weighted by atomic mass is 16.7. The van der Waals surface area contributed by atoms with Crippen LogP contribution in [-0.2, 0) is 14.0 Å². The Bertz CT molecular complexity index is 594. The van der Waals surface area contributed by atoms with Crippen LogP contribution in [0, 0.1) is 0 Å². The van der Waals surface area contributed by atoms with Crippen molar-refractivity contribution in [1.82, 2.24) is 15.5 Å². The van der Waals surface area contributed by atoms with Crippen molar-refractivity contribution in [3.05, 3.63) is 22.9 Å². The molecule has 0 aliphatic carbocycles. The first-order valence-corrected chi connectivity index (χ1v) is 7.54. The average molecular weight is 321 g/mol. The Kier molecular flexibility index (Phi) is 4.98. The van der Waals surface area contributed by atoms with Gasteiger partial charge in [-0.05, 0) is 40.2 Å². The van der Waals surface area contributed by atoms with Crippen LogP contribution in [0.4, 0.5) is 0 Å². The number of aromatic amines is 1. The van der Waals surface area contributed by atoms with Gasteiger partial charge in [0.1, 0.15) is 0 Å². The van der Waals surface area contributed by atoms with Gasteiger partial charge in [-0.3, -0.25) is 5.10 Å². The number of rotatable bonds is 5. The Morgan fingerprint density at radius 2 is 2.00 bits per heavy atom. The number of carbonyl (C=O) groups is 1. The van der Waals surface area contributed by atoms with E-state index in [-0.39, 0.29) is 0 Å². The Labute approximate surface area is 136 Å². The predicted octanol–water partition coefficient (Wildman–Crippen LogP) is 1.43. The molecule has 1 aliphatic heterocycles.